The van der Waals surface area contributed by atoms with Gasteiger partial charge in [-0.2, -0.15) is 0 Å². The third kappa shape index (κ3) is 3.42. The Hall–Kier alpha value is -2.26. The van der Waals surface area contributed by atoms with Gasteiger partial charge in [0.05, 0.1) is 25.2 Å². The molecule has 2 aromatic heterocycles. The van der Waals surface area contributed by atoms with Gasteiger partial charge in [-0.3, -0.25) is 4.79 Å². The molecule has 0 saturated carbocycles. The Bertz CT molecular complexity index is 980. The third-order valence-corrected chi connectivity index (χ3v) is 4.61. The maximum atomic E-state index is 13.5. The van der Waals surface area contributed by atoms with E-state index in [0.717, 1.165) is 0 Å². The average molecular weight is 408 g/mol. The van der Waals surface area contributed by atoms with Crippen molar-refractivity contribution in [2.45, 2.75) is 6.42 Å². The van der Waals surface area contributed by atoms with Crippen molar-refractivity contribution in [3.8, 4) is 0 Å². The van der Waals surface area contributed by atoms with Crippen LogP contribution in [0.5, 0.6) is 0 Å². The molecule has 3 aromatic rings. The maximum absolute atomic E-state index is 13.5. The van der Waals surface area contributed by atoms with Crippen LogP contribution in [0, 0.1) is 5.82 Å². The van der Waals surface area contributed by atoms with E-state index in [4.69, 9.17) is 4.74 Å². The molecule has 9 heteroatoms. The number of imidazole rings is 1. The van der Waals surface area contributed by atoms with Gasteiger partial charge in [0, 0.05) is 23.6 Å². The molecule has 25 heavy (non-hydrogen) atoms. The average Bonchev–Trinajstić information content (AvgIpc) is 2.97. The van der Waals surface area contributed by atoms with Gasteiger partial charge in [-0.25, -0.2) is 14.4 Å². The first-order valence-electron chi connectivity index (χ1n) is 7.85. The number of hydrogen-bond acceptors (Lipinski definition) is 5. The SMILES string of the molecule is O=c1cc(N2CCOCC2)nc(Cc2nc3c(Br)cc(F)cc3[nH]2)[nH]1. The lowest BCUT2D eigenvalue weighted by Crippen LogP contribution is -2.37. The largest absolute Gasteiger partial charge is 0.378 e. The number of fused-ring (bicyclic) bond motifs is 1. The topological polar surface area (TPSA) is 86.9 Å². The zero-order valence-electron chi connectivity index (χ0n) is 13.2. The highest BCUT2D eigenvalue weighted by molar-refractivity contribution is 9.10. The zero-order valence-corrected chi connectivity index (χ0v) is 14.8. The van der Waals surface area contributed by atoms with Crippen LogP contribution in [-0.4, -0.2) is 46.2 Å². The summed E-state index contributed by atoms with van der Waals surface area (Å²) in [5.41, 5.74) is 1.02. The summed E-state index contributed by atoms with van der Waals surface area (Å²) < 4.78 is 19.4. The normalized spacial score (nSPS) is 15.0. The smallest absolute Gasteiger partial charge is 0.252 e. The number of benzene rings is 1. The highest BCUT2D eigenvalue weighted by atomic mass is 79.9. The van der Waals surface area contributed by atoms with Crippen LogP contribution in [0.4, 0.5) is 10.2 Å². The molecule has 0 amide bonds. The number of morpholine rings is 1. The molecule has 0 aliphatic carbocycles. The lowest BCUT2D eigenvalue weighted by molar-refractivity contribution is 0.122. The highest BCUT2D eigenvalue weighted by Gasteiger charge is 2.15. The van der Waals surface area contributed by atoms with Gasteiger partial charge in [0.1, 0.15) is 28.8 Å². The summed E-state index contributed by atoms with van der Waals surface area (Å²) >= 11 is 3.31. The van der Waals surface area contributed by atoms with Gasteiger partial charge in [-0.05, 0) is 28.1 Å². The fourth-order valence-corrected chi connectivity index (χ4v) is 3.39. The minimum atomic E-state index is -0.351. The molecule has 1 aromatic carbocycles. The van der Waals surface area contributed by atoms with Crippen LogP contribution in [0.3, 0.4) is 0 Å². The van der Waals surface area contributed by atoms with E-state index in [0.29, 0.717) is 65.7 Å². The number of nitrogens with zero attached hydrogens (tertiary/aromatic N) is 3. The van der Waals surface area contributed by atoms with Gasteiger partial charge in [0.25, 0.3) is 5.56 Å². The number of aromatic amines is 2. The van der Waals surface area contributed by atoms with Crippen molar-refractivity contribution in [1.82, 2.24) is 19.9 Å². The molecule has 4 rings (SSSR count). The Labute approximate surface area is 150 Å². The molecule has 7 nitrogen and oxygen atoms in total. The molecule has 1 fully saturated rings. The van der Waals surface area contributed by atoms with Crippen molar-refractivity contribution in [3.63, 3.8) is 0 Å². The number of anilines is 1. The number of ether oxygens (including phenoxy) is 1. The third-order valence-electron chi connectivity index (χ3n) is 4.00. The van der Waals surface area contributed by atoms with Crippen LogP contribution in [0.15, 0.2) is 27.5 Å². The van der Waals surface area contributed by atoms with Gasteiger partial charge >= 0.3 is 0 Å². The summed E-state index contributed by atoms with van der Waals surface area (Å²) in [4.78, 5) is 28.8. The summed E-state index contributed by atoms with van der Waals surface area (Å²) in [7, 11) is 0. The van der Waals surface area contributed by atoms with Gasteiger partial charge in [-0.1, -0.05) is 0 Å². The molecule has 1 aliphatic heterocycles. The van der Waals surface area contributed by atoms with Crippen molar-refractivity contribution in [2.75, 3.05) is 31.2 Å². The Morgan fingerprint density at radius 1 is 1.16 bits per heavy atom. The predicted octanol–water partition coefficient (Wildman–Crippen LogP) is 1.98. The van der Waals surface area contributed by atoms with Gasteiger partial charge < -0.3 is 19.6 Å². The molecule has 0 radical (unpaired) electrons. The summed E-state index contributed by atoms with van der Waals surface area (Å²) in [6, 6.07) is 4.24. The fraction of sp³-hybridized carbons (Fsp3) is 0.312. The monoisotopic (exact) mass is 407 g/mol. The van der Waals surface area contributed by atoms with Crippen LogP contribution < -0.4 is 10.5 Å². The molecule has 1 saturated heterocycles. The lowest BCUT2D eigenvalue weighted by atomic mass is 10.3. The Kier molecular flexibility index (Phi) is 4.26. The number of aromatic nitrogens is 4. The fourth-order valence-electron chi connectivity index (χ4n) is 2.87. The van der Waals surface area contributed by atoms with Crippen molar-refractivity contribution < 1.29 is 9.13 Å². The quantitative estimate of drug-likeness (QED) is 0.692. The Morgan fingerprint density at radius 3 is 2.72 bits per heavy atom. The van der Waals surface area contributed by atoms with Crippen molar-refractivity contribution in [2.24, 2.45) is 0 Å². The van der Waals surface area contributed by atoms with E-state index in [1.807, 2.05) is 4.90 Å². The van der Waals surface area contributed by atoms with Crippen LogP contribution in [-0.2, 0) is 11.2 Å². The first kappa shape index (κ1) is 16.2. The van der Waals surface area contributed by atoms with E-state index < -0.39 is 0 Å². The first-order valence-corrected chi connectivity index (χ1v) is 8.64. The second-order valence-electron chi connectivity index (χ2n) is 5.79. The summed E-state index contributed by atoms with van der Waals surface area (Å²) in [6.45, 7) is 2.64. The molecule has 0 atom stereocenters. The van der Waals surface area contributed by atoms with Crippen molar-refractivity contribution in [3.05, 3.63) is 50.5 Å². The second-order valence-corrected chi connectivity index (χ2v) is 6.65. The minimum Gasteiger partial charge on any atom is -0.378 e. The van der Waals surface area contributed by atoms with Crippen molar-refractivity contribution >= 4 is 32.8 Å². The van der Waals surface area contributed by atoms with E-state index in [2.05, 4.69) is 35.9 Å². The minimum absolute atomic E-state index is 0.213. The van der Waals surface area contributed by atoms with E-state index in [1.54, 1.807) is 0 Å². The molecule has 130 valence electrons. The van der Waals surface area contributed by atoms with Gasteiger partial charge in [0.15, 0.2) is 0 Å². The number of H-pyrrole nitrogens is 2. The number of rotatable bonds is 3. The molecular formula is C16H15BrFN5O2. The van der Waals surface area contributed by atoms with Crippen molar-refractivity contribution in [1.29, 1.82) is 0 Å². The van der Waals surface area contributed by atoms with E-state index >= 15 is 0 Å². The summed E-state index contributed by atoms with van der Waals surface area (Å²) in [6.07, 6.45) is 0.316. The highest BCUT2D eigenvalue weighted by Crippen LogP contribution is 2.24. The van der Waals surface area contributed by atoms with E-state index in [-0.39, 0.29) is 11.4 Å². The lowest BCUT2D eigenvalue weighted by Gasteiger charge is -2.27. The van der Waals surface area contributed by atoms with Crippen LogP contribution in [0.2, 0.25) is 0 Å². The molecule has 1 aliphatic rings. The predicted molar refractivity (Wildman–Crippen MR) is 94.4 cm³/mol. The first-order chi connectivity index (χ1) is 12.1. The van der Waals surface area contributed by atoms with E-state index in [1.165, 1.54) is 18.2 Å². The Morgan fingerprint density at radius 2 is 1.92 bits per heavy atom. The standard InChI is InChI=1S/C16H15BrFN5O2/c17-10-5-9(18)6-11-16(10)22-12(19-11)7-13-20-14(8-15(24)21-13)23-1-3-25-4-2-23/h5-6,8H,1-4,7H2,(H,19,22)(H,20,21,24). The van der Waals surface area contributed by atoms with Crippen LogP contribution in [0.1, 0.15) is 11.6 Å². The van der Waals surface area contributed by atoms with Gasteiger partial charge in [0.2, 0.25) is 0 Å². The summed E-state index contributed by atoms with van der Waals surface area (Å²) in [5, 5.41) is 0. The maximum Gasteiger partial charge on any atom is 0.252 e. The number of hydrogen-bond donors (Lipinski definition) is 2. The molecular weight excluding hydrogens is 393 g/mol. The molecule has 2 N–H and O–H groups in total. The molecule has 0 spiro atoms. The number of halogens is 2. The Balaban J connectivity index is 1.65. The molecule has 0 bridgehead atoms. The zero-order chi connectivity index (χ0) is 17.4. The van der Waals surface area contributed by atoms with Crippen LogP contribution >= 0.6 is 15.9 Å². The second kappa shape index (κ2) is 6.57. The van der Waals surface area contributed by atoms with E-state index in [9.17, 15) is 9.18 Å². The summed E-state index contributed by atoms with van der Waals surface area (Å²) in [5.74, 6) is 1.38. The van der Waals surface area contributed by atoms with Gasteiger partial charge in [-0.15, -0.1) is 0 Å². The van der Waals surface area contributed by atoms with Crippen LogP contribution in [0.25, 0.3) is 11.0 Å². The molecule has 3 heterocycles. The number of nitrogens with one attached hydrogen (secondary N) is 2. The molecule has 0 unspecified atom stereocenters.